The number of hydrogen-bond acceptors (Lipinski definition) is 10. The molecule has 3 heterocycles. The van der Waals surface area contributed by atoms with E-state index in [1.54, 1.807) is 38.3 Å². The molecule has 0 saturated carbocycles. The van der Waals surface area contributed by atoms with E-state index >= 15 is 0 Å². The lowest BCUT2D eigenvalue weighted by molar-refractivity contribution is -0.262. The summed E-state index contributed by atoms with van der Waals surface area (Å²) in [7, 11) is 0. The van der Waals surface area contributed by atoms with Gasteiger partial charge in [-0.15, -0.1) is 11.3 Å². The summed E-state index contributed by atoms with van der Waals surface area (Å²) in [6, 6.07) is 3.34. The summed E-state index contributed by atoms with van der Waals surface area (Å²) in [6.45, 7) is 5.06. The number of cyclic esters (lactones) is 1. The fourth-order valence-corrected chi connectivity index (χ4v) is 4.13. The van der Waals surface area contributed by atoms with Gasteiger partial charge in [0.1, 0.15) is 6.61 Å². The molecule has 2 amide bonds. The first-order valence-corrected chi connectivity index (χ1v) is 10.7. The van der Waals surface area contributed by atoms with Gasteiger partial charge in [0.25, 0.3) is 5.91 Å². The minimum Gasteiger partial charge on any atom is -0.427 e. The lowest BCUT2D eigenvalue weighted by Crippen LogP contribution is -2.60. The van der Waals surface area contributed by atoms with Gasteiger partial charge in [-0.05, 0) is 32.2 Å². The van der Waals surface area contributed by atoms with Crippen LogP contribution in [-0.2, 0) is 48.6 Å². The molecule has 11 nitrogen and oxygen atoms in total. The number of nitrogens with zero attached hydrogens (tertiary/aromatic N) is 1. The van der Waals surface area contributed by atoms with Gasteiger partial charge in [0.15, 0.2) is 5.54 Å². The van der Waals surface area contributed by atoms with E-state index in [2.05, 4.69) is 5.32 Å². The van der Waals surface area contributed by atoms with Gasteiger partial charge in [-0.3, -0.25) is 24.0 Å². The smallest absolute Gasteiger partial charge is 0.377 e. The van der Waals surface area contributed by atoms with Crippen LogP contribution in [0.1, 0.15) is 45.4 Å². The van der Waals surface area contributed by atoms with Crippen molar-refractivity contribution in [2.45, 2.75) is 51.8 Å². The average molecular weight is 468 g/mol. The van der Waals surface area contributed by atoms with Crippen LogP contribution >= 0.6 is 11.3 Å². The molecule has 3 rings (SSSR count). The summed E-state index contributed by atoms with van der Waals surface area (Å²) in [5.74, 6) is -3.78. The van der Waals surface area contributed by atoms with Crippen LogP contribution in [0.15, 0.2) is 17.5 Å². The second-order valence-corrected chi connectivity index (χ2v) is 9.37. The highest BCUT2D eigenvalue weighted by molar-refractivity contribution is 7.10. The monoisotopic (exact) mass is 468 g/mol. The lowest BCUT2D eigenvalue weighted by atomic mass is 9.96. The highest BCUT2D eigenvalue weighted by Crippen LogP contribution is 2.41. The molecular weight excluding hydrogens is 444 g/mol. The summed E-state index contributed by atoms with van der Waals surface area (Å²) in [6.07, 6.45) is -0.402. The maximum absolute atomic E-state index is 13.5. The number of nitrogens with one attached hydrogen (secondary N) is 1. The highest BCUT2D eigenvalue weighted by Gasteiger charge is 2.64. The van der Waals surface area contributed by atoms with E-state index in [0.29, 0.717) is 9.94 Å². The van der Waals surface area contributed by atoms with Crippen LogP contribution in [0, 0.1) is 5.41 Å². The summed E-state index contributed by atoms with van der Waals surface area (Å²) < 4.78 is 15.2. The van der Waals surface area contributed by atoms with E-state index in [9.17, 15) is 24.0 Å². The number of carbonyl (C=O) groups is 5. The molecule has 0 spiro atoms. The van der Waals surface area contributed by atoms with Gasteiger partial charge < -0.3 is 19.5 Å². The normalized spacial score (nSPS) is 25.4. The first kappa shape index (κ1) is 23.7. The first-order valence-electron chi connectivity index (χ1n) is 9.79. The Balaban J connectivity index is 1.85. The van der Waals surface area contributed by atoms with Crippen molar-refractivity contribution in [3.8, 4) is 0 Å². The highest BCUT2D eigenvalue weighted by atomic mass is 32.1. The van der Waals surface area contributed by atoms with E-state index in [4.69, 9.17) is 19.0 Å². The number of hydrogen-bond donors (Lipinski definition) is 1. The summed E-state index contributed by atoms with van der Waals surface area (Å²) in [5, 5.41) is 4.96. The van der Waals surface area contributed by atoms with Crippen molar-refractivity contribution in [2.75, 3.05) is 13.4 Å². The zero-order chi connectivity index (χ0) is 23.7. The molecule has 12 heteroatoms. The van der Waals surface area contributed by atoms with Crippen molar-refractivity contribution in [1.29, 1.82) is 0 Å². The van der Waals surface area contributed by atoms with Crippen molar-refractivity contribution in [1.82, 2.24) is 10.4 Å². The van der Waals surface area contributed by atoms with Gasteiger partial charge >= 0.3 is 23.6 Å². The fourth-order valence-electron chi connectivity index (χ4n) is 3.27. The number of esters is 3. The molecule has 2 saturated heterocycles. The molecule has 1 unspecified atom stereocenters. The topological polar surface area (TPSA) is 138 Å². The maximum Gasteiger partial charge on any atom is 0.377 e. The number of ether oxygens (including phenoxy) is 3. The number of carbonyl (C=O) groups excluding carboxylic acids is 5. The molecule has 0 bridgehead atoms. The van der Waals surface area contributed by atoms with Crippen LogP contribution in [0.2, 0.25) is 0 Å². The predicted octanol–water partition coefficient (Wildman–Crippen LogP) is 0.977. The summed E-state index contributed by atoms with van der Waals surface area (Å²) in [4.78, 5) is 68.1. The Morgan fingerprint density at radius 3 is 2.50 bits per heavy atom. The van der Waals surface area contributed by atoms with Crippen LogP contribution < -0.4 is 5.32 Å². The predicted molar refractivity (Wildman–Crippen MR) is 107 cm³/mol. The van der Waals surface area contributed by atoms with Crippen LogP contribution in [0.5, 0.6) is 0 Å². The van der Waals surface area contributed by atoms with Gasteiger partial charge in [-0.25, -0.2) is 4.79 Å². The zero-order valence-corrected chi connectivity index (χ0v) is 18.9. The Hall–Kier alpha value is -2.99. The molecule has 1 aromatic heterocycles. The van der Waals surface area contributed by atoms with E-state index in [1.165, 1.54) is 18.3 Å². The van der Waals surface area contributed by atoms with Crippen molar-refractivity contribution in [3.05, 3.63) is 22.4 Å². The zero-order valence-electron chi connectivity index (χ0n) is 18.1. The molecule has 2 fully saturated rings. The van der Waals surface area contributed by atoms with E-state index in [0.717, 1.165) is 0 Å². The number of amides is 2. The Morgan fingerprint density at radius 2 is 1.97 bits per heavy atom. The first-order chi connectivity index (χ1) is 14.9. The molecule has 2 aliphatic heterocycles. The minimum atomic E-state index is -2.21. The van der Waals surface area contributed by atoms with E-state index < -0.39 is 53.2 Å². The number of hydroxylamine groups is 2. The molecule has 0 aromatic carbocycles. The van der Waals surface area contributed by atoms with Gasteiger partial charge in [-0.1, -0.05) is 6.07 Å². The third-order valence-corrected chi connectivity index (χ3v) is 5.91. The van der Waals surface area contributed by atoms with Crippen LogP contribution in [0.25, 0.3) is 0 Å². The van der Waals surface area contributed by atoms with Gasteiger partial charge in [0, 0.05) is 18.2 Å². The Labute approximate surface area is 187 Å². The standard InChI is InChI=1S/C20H24N2O9S/c1-12(23)21-19(13-6-5-9-32-13)10-30-22(15(19)25)20(8-7-14(24)31-20)17(27)29-11-28-16(26)18(2,3)4/h5-6,9H,7-8,10-11H2,1-4H3,(H,21,23)/t19-,20?/m1/s1. The molecule has 1 N–H and O–H groups in total. The van der Waals surface area contributed by atoms with Gasteiger partial charge in [0.05, 0.1) is 11.8 Å². The Morgan fingerprint density at radius 1 is 1.25 bits per heavy atom. The second kappa shape index (κ2) is 8.51. The fraction of sp³-hybridized carbons (Fsp3) is 0.550. The van der Waals surface area contributed by atoms with Crippen molar-refractivity contribution in [3.63, 3.8) is 0 Å². The van der Waals surface area contributed by atoms with E-state index in [-0.39, 0.29) is 19.4 Å². The quantitative estimate of drug-likeness (QED) is 0.478. The molecule has 0 aliphatic carbocycles. The molecule has 0 radical (unpaired) electrons. The average Bonchev–Trinajstić information content (AvgIpc) is 3.42. The van der Waals surface area contributed by atoms with Crippen molar-refractivity contribution < 1.29 is 43.0 Å². The summed E-state index contributed by atoms with van der Waals surface area (Å²) >= 11 is 1.21. The van der Waals surface area contributed by atoms with Crippen molar-refractivity contribution >= 4 is 41.1 Å². The molecule has 2 aliphatic rings. The van der Waals surface area contributed by atoms with Crippen LogP contribution in [0.4, 0.5) is 0 Å². The third kappa shape index (κ3) is 4.19. The minimum absolute atomic E-state index is 0.170. The molecule has 2 atom stereocenters. The van der Waals surface area contributed by atoms with E-state index in [1.807, 2.05) is 0 Å². The lowest BCUT2D eigenvalue weighted by Gasteiger charge is -2.33. The van der Waals surface area contributed by atoms with Crippen molar-refractivity contribution in [2.24, 2.45) is 5.41 Å². The molecular formula is C20H24N2O9S. The maximum atomic E-state index is 13.5. The largest absolute Gasteiger partial charge is 0.427 e. The number of rotatable bonds is 6. The molecule has 32 heavy (non-hydrogen) atoms. The molecule has 1 aromatic rings. The van der Waals surface area contributed by atoms with Gasteiger partial charge in [0.2, 0.25) is 12.7 Å². The summed E-state index contributed by atoms with van der Waals surface area (Å²) in [5.41, 5.74) is -4.63. The SMILES string of the molecule is CC(=O)N[C@@]1(c2cccs2)CON(C2(C(=O)OCOC(=O)C(C)(C)C)CCC(=O)O2)C1=O. The second-order valence-electron chi connectivity index (χ2n) is 8.43. The Bertz CT molecular complexity index is 939. The Kier molecular flexibility index (Phi) is 6.29. The van der Waals surface area contributed by atoms with Crippen LogP contribution in [0.3, 0.4) is 0 Å². The molecule has 174 valence electrons. The van der Waals surface area contributed by atoms with Crippen LogP contribution in [-0.4, -0.2) is 53.9 Å². The van der Waals surface area contributed by atoms with Gasteiger partial charge in [-0.2, -0.15) is 5.06 Å². The third-order valence-electron chi connectivity index (χ3n) is 4.88. The number of thiophene rings is 1.